The van der Waals surface area contributed by atoms with Gasteiger partial charge in [0.2, 0.25) is 0 Å². The Hall–Kier alpha value is -0.940. The van der Waals surface area contributed by atoms with Gasteiger partial charge in [0.25, 0.3) is 0 Å². The standard InChI is InChI=1S/C9H12N2O2S/c1-6-9(14-11-10-6)8(12)7-3-2-4-13-5-7/h5,8,12H,2-4H2,1H3. The molecule has 0 fully saturated rings. The van der Waals surface area contributed by atoms with E-state index in [0.717, 1.165) is 35.6 Å². The number of aryl methyl sites for hydroxylation is 1. The van der Waals surface area contributed by atoms with Crippen LogP contribution in [0.1, 0.15) is 29.5 Å². The lowest BCUT2D eigenvalue weighted by Crippen LogP contribution is -2.07. The van der Waals surface area contributed by atoms with Gasteiger partial charge in [0, 0.05) is 0 Å². The summed E-state index contributed by atoms with van der Waals surface area (Å²) < 4.78 is 8.98. The van der Waals surface area contributed by atoms with Crippen molar-refractivity contribution >= 4 is 11.5 Å². The zero-order valence-electron chi connectivity index (χ0n) is 7.93. The topological polar surface area (TPSA) is 55.2 Å². The van der Waals surface area contributed by atoms with E-state index in [1.54, 1.807) is 6.26 Å². The summed E-state index contributed by atoms with van der Waals surface area (Å²) in [5.74, 6) is 0. The van der Waals surface area contributed by atoms with E-state index in [1.165, 1.54) is 11.5 Å². The van der Waals surface area contributed by atoms with E-state index in [-0.39, 0.29) is 0 Å². The van der Waals surface area contributed by atoms with E-state index in [2.05, 4.69) is 9.59 Å². The number of aliphatic hydroxyl groups excluding tert-OH is 1. The largest absolute Gasteiger partial charge is 0.501 e. The van der Waals surface area contributed by atoms with Crippen LogP contribution in [-0.2, 0) is 4.74 Å². The van der Waals surface area contributed by atoms with E-state index in [9.17, 15) is 5.11 Å². The molecule has 14 heavy (non-hydrogen) atoms. The van der Waals surface area contributed by atoms with Gasteiger partial charge in [0.05, 0.1) is 23.4 Å². The van der Waals surface area contributed by atoms with Gasteiger partial charge in [-0.25, -0.2) is 0 Å². The van der Waals surface area contributed by atoms with E-state index in [1.807, 2.05) is 6.92 Å². The van der Waals surface area contributed by atoms with Crippen LogP contribution < -0.4 is 0 Å². The fourth-order valence-electron chi connectivity index (χ4n) is 1.44. The molecule has 0 aromatic carbocycles. The predicted octanol–water partition coefficient (Wildman–Crippen LogP) is 1.57. The SMILES string of the molecule is Cc1nnsc1C(O)C1=COCCC1. The summed E-state index contributed by atoms with van der Waals surface area (Å²) >= 11 is 1.24. The first-order valence-electron chi connectivity index (χ1n) is 4.56. The van der Waals surface area contributed by atoms with Crippen LogP contribution in [-0.4, -0.2) is 21.3 Å². The number of aliphatic hydroxyl groups is 1. The summed E-state index contributed by atoms with van der Waals surface area (Å²) in [4.78, 5) is 0.821. The number of nitrogens with zero attached hydrogens (tertiary/aromatic N) is 2. The van der Waals surface area contributed by atoms with Crippen molar-refractivity contribution in [3.05, 3.63) is 22.4 Å². The molecule has 1 aliphatic heterocycles. The summed E-state index contributed by atoms with van der Waals surface area (Å²) in [5, 5.41) is 13.9. The van der Waals surface area contributed by atoms with Gasteiger partial charge < -0.3 is 9.84 Å². The van der Waals surface area contributed by atoms with Crippen molar-refractivity contribution in [2.75, 3.05) is 6.61 Å². The molecule has 1 aromatic heterocycles. The summed E-state index contributed by atoms with van der Waals surface area (Å²) in [6.07, 6.45) is 2.93. The first-order valence-corrected chi connectivity index (χ1v) is 5.34. The van der Waals surface area contributed by atoms with Crippen molar-refractivity contribution in [1.82, 2.24) is 9.59 Å². The molecule has 76 valence electrons. The van der Waals surface area contributed by atoms with Gasteiger partial charge in [-0.05, 0) is 36.9 Å². The van der Waals surface area contributed by atoms with Crippen LogP contribution in [0.5, 0.6) is 0 Å². The predicted molar refractivity (Wildman–Crippen MR) is 52.9 cm³/mol. The molecule has 0 spiro atoms. The Morgan fingerprint density at radius 2 is 2.50 bits per heavy atom. The van der Waals surface area contributed by atoms with Crippen LogP contribution in [0.4, 0.5) is 0 Å². The van der Waals surface area contributed by atoms with Crippen LogP contribution in [0.25, 0.3) is 0 Å². The lowest BCUT2D eigenvalue weighted by Gasteiger charge is -2.17. The maximum Gasteiger partial charge on any atom is 0.116 e. The first kappa shape index (κ1) is 9.61. The van der Waals surface area contributed by atoms with Gasteiger partial charge in [-0.2, -0.15) is 0 Å². The van der Waals surface area contributed by atoms with Crippen LogP contribution in [0.15, 0.2) is 11.8 Å². The molecule has 0 saturated carbocycles. The molecule has 0 radical (unpaired) electrons. The monoisotopic (exact) mass is 212 g/mol. The highest BCUT2D eigenvalue weighted by Crippen LogP contribution is 2.30. The van der Waals surface area contributed by atoms with Gasteiger partial charge >= 0.3 is 0 Å². The summed E-state index contributed by atoms with van der Waals surface area (Å²) in [6.45, 7) is 2.60. The molecule has 1 aliphatic rings. The van der Waals surface area contributed by atoms with Gasteiger partial charge in [0.15, 0.2) is 0 Å². The lowest BCUT2D eigenvalue weighted by atomic mass is 10.0. The van der Waals surface area contributed by atoms with Crippen LogP contribution >= 0.6 is 11.5 Å². The minimum absolute atomic E-state index is 0.588. The van der Waals surface area contributed by atoms with Crippen molar-refractivity contribution in [3.63, 3.8) is 0 Å². The van der Waals surface area contributed by atoms with Crippen molar-refractivity contribution in [2.45, 2.75) is 25.9 Å². The van der Waals surface area contributed by atoms with Gasteiger partial charge in [-0.3, -0.25) is 0 Å². The molecule has 2 heterocycles. The highest BCUT2D eigenvalue weighted by molar-refractivity contribution is 7.05. The number of rotatable bonds is 2. The zero-order valence-corrected chi connectivity index (χ0v) is 8.75. The minimum atomic E-state index is -0.588. The minimum Gasteiger partial charge on any atom is -0.501 e. The van der Waals surface area contributed by atoms with E-state index >= 15 is 0 Å². The maximum atomic E-state index is 10.00. The van der Waals surface area contributed by atoms with E-state index in [4.69, 9.17) is 4.74 Å². The highest BCUT2D eigenvalue weighted by Gasteiger charge is 2.20. The third-order valence-electron chi connectivity index (χ3n) is 2.25. The van der Waals surface area contributed by atoms with Crippen molar-refractivity contribution in [3.8, 4) is 0 Å². The molecule has 2 rings (SSSR count). The summed E-state index contributed by atoms with van der Waals surface area (Å²) in [6, 6.07) is 0. The van der Waals surface area contributed by atoms with Gasteiger partial charge in [-0.1, -0.05) is 4.49 Å². The van der Waals surface area contributed by atoms with Gasteiger partial charge in [-0.15, -0.1) is 5.10 Å². The summed E-state index contributed by atoms with van der Waals surface area (Å²) in [7, 11) is 0. The Morgan fingerprint density at radius 1 is 1.64 bits per heavy atom. The molecule has 1 unspecified atom stereocenters. The Morgan fingerprint density at radius 3 is 3.07 bits per heavy atom. The van der Waals surface area contributed by atoms with Crippen molar-refractivity contribution in [2.24, 2.45) is 0 Å². The Labute approximate surface area is 86.4 Å². The molecule has 5 heteroatoms. The molecule has 0 amide bonds. The Balaban J connectivity index is 2.19. The number of aromatic nitrogens is 2. The smallest absolute Gasteiger partial charge is 0.116 e. The average molecular weight is 212 g/mol. The van der Waals surface area contributed by atoms with Crippen LogP contribution in [0.2, 0.25) is 0 Å². The van der Waals surface area contributed by atoms with Crippen LogP contribution in [0.3, 0.4) is 0 Å². The third kappa shape index (κ3) is 1.78. The number of ether oxygens (including phenoxy) is 1. The van der Waals surface area contributed by atoms with E-state index in [0.29, 0.717) is 0 Å². The fourth-order valence-corrected chi connectivity index (χ4v) is 2.12. The average Bonchev–Trinajstić information content (AvgIpc) is 2.65. The third-order valence-corrected chi connectivity index (χ3v) is 3.13. The van der Waals surface area contributed by atoms with Crippen molar-refractivity contribution < 1.29 is 9.84 Å². The fraction of sp³-hybridized carbons (Fsp3) is 0.556. The van der Waals surface area contributed by atoms with Gasteiger partial charge in [0.1, 0.15) is 6.10 Å². The zero-order chi connectivity index (χ0) is 9.97. The number of hydrogen-bond donors (Lipinski definition) is 1. The van der Waals surface area contributed by atoms with E-state index < -0.39 is 6.10 Å². The Bertz CT molecular complexity index is 348. The second-order valence-electron chi connectivity index (χ2n) is 3.29. The quantitative estimate of drug-likeness (QED) is 0.808. The molecule has 1 aromatic rings. The lowest BCUT2D eigenvalue weighted by molar-refractivity contribution is 0.172. The second kappa shape index (κ2) is 4.06. The number of hydrogen-bond acceptors (Lipinski definition) is 5. The second-order valence-corrected chi connectivity index (χ2v) is 4.08. The molecule has 4 nitrogen and oxygen atoms in total. The Kier molecular flexibility index (Phi) is 2.79. The maximum absolute atomic E-state index is 10.00. The van der Waals surface area contributed by atoms with Crippen LogP contribution in [0, 0.1) is 6.92 Å². The molecule has 0 bridgehead atoms. The molecule has 1 N–H and O–H groups in total. The first-order chi connectivity index (χ1) is 6.79. The summed E-state index contributed by atoms with van der Waals surface area (Å²) in [5.41, 5.74) is 1.72. The molecular formula is C9H12N2O2S. The molecule has 1 atom stereocenters. The molecular weight excluding hydrogens is 200 g/mol. The normalized spacial score (nSPS) is 18.6. The highest BCUT2D eigenvalue weighted by atomic mass is 32.1. The molecule has 0 saturated heterocycles. The van der Waals surface area contributed by atoms with Crippen molar-refractivity contribution in [1.29, 1.82) is 0 Å². The molecule has 0 aliphatic carbocycles.